The Morgan fingerprint density at radius 1 is 0.957 bits per heavy atom. The first kappa shape index (κ1) is 33.0. The van der Waals surface area contributed by atoms with Gasteiger partial charge in [0.05, 0.1) is 25.4 Å². The number of carbonyl (C=O) groups is 2. The summed E-state index contributed by atoms with van der Waals surface area (Å²) in [5.74, 6) is -0.0969. The van der Waals surface area contributed by atoms with Crippen LogP contribution in [-0.2, 0) is 31.5 Å². The molecule has 0 unspecified atom stereocenters. The van der Waals surface area contributed by atoms with Gasteiger partial charge in [0, 0.05) is 28.0 Å². The summed E-state index contributed by atoms with van der Waals surface area (Å²) in [5.41, 5.74) is 2.29. The van der Waals surface area contributed by atoms with E-state index in [0.29, 0.717) is 43.2 Å². The molecule has 5 rings (SSSR count). The third-order valence-corrected chi connectivity index (χ3v) is 9.22. The van der Waals surface area contributed by atoms with Gasteiger partial charge in [-0.2, -0.15) is 10.1 Å². The SMILES string of the molecule is COC(=O)c1cccc(Oc2cccc(-c3nn(Cc4ccc(CP(=O)(OF)OF)c(Br)c4)c(=NC(=O)c4ccncc4)s3)c2)c1. The van der Waals surface area contributed by atoms with Crippen LogP contribution in [0.2, 0.25) is 0 Å². The normalized spacial score (nSPS) is 11.8. The number of hydrogen-bond donors (Lipinski definition) is 0. The van der Waals surface area contributed by atoms with E-state index in [0.717, 1.165) is 0 Å². The third kappa shape index (κ3) is 8.05. The van der Waals surface area contributed by atoms with Gasteiger partial charge in [-0.3, -0.25) is 14.3 Å². The van der Waals surface area contributed by atoms with E-state index in [1.54, 1.807) is 66.7 Å². The number of nitrogens with zero attached hydrogens (tertiary/aromatic N) is 4. The van der Waals surface area contributed by atoms with Crippen LogP contribution in [0.1, 0.15) is 31.8 Å². The summed E-state index contributed by atoms with van der Waals surface area (Å²) in [5, 5.41) is 5.24. The van der Waals surface area contributed by atoms with Gasteiger partial charge in [0.2, 0.25) is 4.80 Å². The molecule has 2 heterocycles. The molecule has 0 aliphatic heterocycles. The molecule has 0 radical (unpaired) electrons. The summed E-state index contributed by atoms with van der Waals surface area (Å²) in [4.78, 5) is 33.5. The first-order valence-corrected chi connectivity index (χ1v) is 16.5. The molecule has 0 bridgehead atoms. The van der Waals surface area contributed by atoms with Gasteiger partial charge in [-0.15, -0.1) is 9.46 Å². The molecule has 0 N–H and O–H groups in total. The van der Waals surface area contributed by atoms with E-state index in [4.69, 9.17) is 14.6 Å². The molecular weight excluding hydrogens is 709 g/mol. The molecule has 5 aromatic rings. The highest BCUT2D eigenvalue weighted by molar-refractivity contribution is 9.10. The molecule has 0 atom stereocenters. The van der Waals surface area contributed by atoms with Crippen molar-refractivity contribution in [3.63, 3.8) is 0 Å². The van der Waals surface area contributed by atoms with Crippen molar-refractivity contribution in [1.29, 1.82) is 0 Å². The van der Waals surface area contributed by atoms with Crippen molar-refractivity contribution in [2.24, 2.45) is 4.99 Å². The quantitative estimate of drug-likeness (QED) is 0.0994. The second kappa shape index (κ2) is 14.8. The largest absolute Gasteiger partial charge is 0.465 e. The standard InChI is InChI=1S/C30H22BrF2N4O7PS/c1-41-29(39)22-5-3-7-25(16-22)42-24-6-2-4-21(15-24)28-36-37(30(46-28)35-27(38)20-10-12-34-13-11-20)17-19-8-9-23(26(31)14-19)18-45(40,43-32)44-33/h2-16H,17-18H2,1H3. The van der Waals surface area contributed by atoms with Crippen molar-refractivity contribution in [1.82, 2.24) is 14.8 Å². The fourth-order valence-corrected chi connectivity index (χ4v) is 6.64. The van der Waals surface area contributed by atoms with Crippen LogP contribution in [-0.4, -0.2) is 33.8 Å². The van der Waals surface area contributed by atoms with E-state index in [1.165, 1.54) is 41.6 Å². The third-order valence-electron chi connectivity index (χ3n) is 6.34. The molecule has 0 spiro atoms. The van der Waals surface area contributed by atoms with E-state index in [-0.39, 0.29) is 16.9 Å². The number of carbonyl (C=O) groups excluding carboxylic acids is 2. The molecular formula is C30H22BrF2N4O7PS. The summed E-state index contributed by atoms with van der Waals surface area (Å²) in [6.45, 7) is 0.144. The zero-order chi connectivity index (χ0) is 32.7. The monoisotopic (exact) mass is 730 g/mol. The number of amides is 1. The summed E-state index contributed by atoms with van der Waals surface area (Å²) >= 11 is 4.49. The van der Waals surface area contributed by atoms with Crippen molar-refractivity contribution in [2.45, 2.75) is 12.7 Å². The number of hydrogen-bond acceptors (Lipinski definition) is 10. The van der Waals surface area contributed by atoms with Crippen LogP contribution in [0.5, 0.6) is 11.5 Å². The molecule has 0 fully saturated rings. The van der Waals surface area contributed by atoms with Crippen LogP contribution >= 0.6 is 34.9 Å². The van der Waals surface area contributed by atoms with Crippen LogP contribution in [0, 0.1) is 0 Å². The van der Waals surface area contributed by atoms with Crippen molar-refractivity contribution in [2.75, 3.05) is 7.11 Å². The van der Waals surface area contributed by atoms with E-state index >= 15 is 0 Å². The van der Waals surface area contributed by atoms with Crippen molar-refractivity contribution in [3.8, 4) is 22.1 Å². The first-order chi connectivity index (χ1) is 22.2. The lowest BCUT2D eigenvalue weighted by atomic mass is 10.1. The maximum Gasteiger partial charge on any atom is 0.399 e. The fourth-order valence-electron chi connectivity index (χ4n) is 4.15. The van der Waals surface area contributed by atoms with Crippen LogP contribution in [0.15, 0.2) is 101 Å². The van der Waals surface area contributed by atoms with Gasteiger partial charge in [0.15, 0.2) is 0 Å². The molecule has 0 saturated heterocycles. The average Bonchev–Trinajstić information content (AvgIpc) is 3.47. The second-order valence-corrected chi connectivity index (χ2v) is 13.1. The van der Waals surface area contributed by atoms with E-state index in [9.17, 15) is 23.2 Å². The topological polar surface area (TPSA) is 131 Å². The summed E-state index contributed by atoms with van der Waals surface area (Å²) in [6.07, 6.45) is 2.32. The summed E-state index contributed by atoms with van der Waals surface area (Å²) < 4.78 is 56.3. The van der Waals surface area contributed by atoms with Gasteiger partial charge >= 0.3 is 13.6 Å². The maximum atomic E-state index is 13.0. The Morgan fingerprint density at radius 2 is 1.67 bits per heavy atom. The highest BCUT2D eigenvalue weighted by atomic mass is 79.9. The van der Waals surface area contributed by atoms with Crippen LogP contribution in [0.25, 0.3) is 10.6 Å². The molecule has 46 heavy (non-hydrogen) atoms. The Hall–Kier alpha value is -4.40. The molecule has 16 heteroatoms. The van der Waals surface area contributed by atoms with Crippen molar-refractivity contribution < 1.29 is 42.1 Å². The summed E-state index contributed by atoms with van der Waals surface area (Å²) in [7, 11) is -3.30. The number of esters is 1. The van der Waals surface area contributed by atoms with E-state index < -0.39 is 25.6 Å². The highest BCUT2D eigenvalue weighted by Crippen LogP contribution is 2.53. The minimum absolute atomic E-state index is 0.144. The molecule has 0 aliphatic rings. The minimum Gasteiger partial charge on any atom is -0.465 e. The van der Waals surface area contributed by atoms with E-state index in [1.807, 2.05) is 6.07 Å². The van der Waals surface area contributed by atoms with Gasteiger partial charge in [0.25, 0.3) is 5.91 Å². The first-order valence-electron chi connectivity index (χ1n) is 13.2. The number of methoxy groups -OCH3 is 1. The lowest BCUT2D eigenvalue weighted by molar-refractivity contribution is -0.0881. The Balaban J connectivity index is 1.48. The predicted molar refractivity (Wildman–Crippen MR) is 166 cm³/mol. The minimum atomic E-state index is -4.60. The van der Waals surface area contributed by atoms with Crippen LogP contribution in [0.4, 0.5) is 9.05 Å². The zero-order valence-corrected chi connectivity index (χ0v) is 27.0. The second-order valence-electron chi connectivity index (χ2n) is 9.48. The zero-order valence-electron chi connectivity index (χ0n) is 23.7. The van der Waals surface area contributed by atoms with Gasteiger partial charge < -0.3 is 9.47 Å². The Bertz CT molecular complexity index is 2000. The van der Waals surface area contributed by atoms with Crippen LogP contribution in [0.3, 0.4) is 0 Å². The van der Waals surface area contributed by atoms with Crippen molar-refractivity contribution in [3.05, 3.63) is 123 Å². The van der Waals surface area contributed by atoms with Crippen molar-refractivity contribution >= 4 is 46.7 Å². The van der Waals surface area contributed by atoms with Gasteiger partial charge in [-0.1, -0.05) is 57.6 Å². The smallest absolute Gasteiger partial charge is 0.399 e. The number of rotatable bonds is 11. The fraction of sp³-hybridized carbons (Fsp3) is 0.100. The molecule has 236 valence electrons. The van der Waals surface area contributed by atoms with Gasteiger partial charge in [-0.25, -0.2) is 9.48 Å². The molecule has 2 aromatic heterocycles. The van der Waals surface area contributed by atoms with Crippen LogP contribution < -0.4 is 9.54 Å². The maximum absolute atomic E-state index is 13.0. The number of benzene rings is 3. The molecule has 1 amide bonds. The van der Waals surface area contributed by atoms with Gasteiger partial charge in [-0.05, 0) is 68.7 Å². The number of halogens is 3. The Labute approximate surface area is 272 Å². The number of pyridine rings is 1. The Morgan fingerprint density at radius 3 is 2.37 bits per heavy atom. The highest BCUT2D eigenvalue weighted by Gasteiger charge is 2.29. The molecule has 11 nitrogen and oxygen atoms in total. The Kier molecular flexibility index (Phi) is 10.6. The number of ether oxygens (including phenoxy) is 2. The van der Waals surface area contributed by atoms with Gasteiger partial charge in [0.1, 0.15) is 16.5 Å². The predicted octanol–water partition coefficient (Wildman–Crippen LogP) is 7.63. The molecule has 3 aromatic carbocycles. The lowest BCUT2D eigenvalue weighted by Crippen LogP contribution is -2.19. The number of aromatic nitrogens is 3. The van der Waals surface area contributed by atoms with E-state index in [2.05, 4.69) is 35.4 Å². The summed E-state index contributed by atoms with van der Waals surface area (Å²) in [6, 6.07) is 21.5. The lowest BCUT2D eigenvalue weighted by Gasteiger charge is -2.10. The molecule has 0 saturated carbocycles. The molecule has 0 aliphatic carbocycles. The average molecular weight is 731 g/mol.